The Bertz CT molecular complexity index is 1430. The van der Waals surface area contributed by atoms with Crippen LogP contribution in [0.4, 0.5) is 14.5 Å². The highest BCUT2D eigenvalue weighted by molar-refractivity contribution is 6.03. The van der Waals surface area contributed by atoms with Crippen LogP contribution < -0.4 is 9.64 Å². The zero-order valence-corrected chi connectivity index (χ0v) is 27.7. The molecule has 1 heterocycles. The molecule has 1 saturated heterocycles. The van der Waals surface area contributed by atoms with Crippen LogP contribution in [0.5, 0.6) is 5.75 Å². The number of nitrogens with zero attached hydrogens (tertiary/aromatic N) is 2. The van der Waals surface area contributed by atoms with Crippen LogP contribution in [0.25, 0.3) is 0 Å². The first-order chi connectivity index (χ1) is 23.5. The quantitative estimate of drug-likeness (QED) is 0.0775. The van der Waals surface area contributed by atoms with Gasteiger partial charge in [0.2, 0.25) is 5.91 Å². The first-order valence-electron chi connectivity index (χ1n) is 16.8. The molecular formula is C37H48F2N2O8. The van der Waals surface area contributed by atoms with E-state index in [1.54, 1.807) is 17.0 Å². The van der Waals surface area contributed by atoms with E-state index in [2.05, 4.69) is 0 Å². The number of β-lactam (4-membered cyclic amide) rings is 1. The number of anilines is 1. The summed E-state index contributed by atoms with van der Waals surface area (Å²) < 4.78 is 32.9. The van der Waals surface area contributed by atoms with Crippen molar-refractivity contribution >= 4 is 11.6 Å². The number of likely N-dealkylation sites (N-methyl/N-ethyl adjacent to an activating group) is 1. The lowest BCUT2D eigenvalue weighted by Crippen LogP contribution is -2.55. The summed E-state index contributed by atoms with van der Waals surface area (Å²) in [6.07, 6.45) is -3.75. The maximum Gasteiger partial charge on any atom is 0.233 e. The van der Waals surface area contributed by atoms with E-state index < -0.39 is 54.7 Å². The molecule has 1 amide bonds. The van der Waals surface area contributed by atoms with Gasteiger partial charge >= 0.3 is 0 Å². The van der Waals surface area contributed by atoms with E-state index in [4.69, 9.17) is 9.84 Å². The molecule has 7 atom stereocenters. The number of hydrogen-bond donors (Lipinski definition) is 6. The maximum atomic E-state index is 13.6. The van der Waals surface area contributed by atoms with Gasteiger partial charge in [-0.1, -0.05) is 31.2 Å². The molecule has 0 aromatic heterocycles. The fourth-order valence-corrected chi connectivity index (χ4v) is 6.17. The predicted octanol–water partition coefficient (Wildman–Crippen LogP) is 3.49. The standard InChI is InChI=1S/C37H48F2N2O8/c1-2-40(22-32(44)35(46)36(47)33(45)23-42)20-4-3-5-21-49-29-16-8-25(9-17-29)34-30(18-19-31(43)24-6-10-26(38)11-7-24)37(48)41(34)28-14-12-27(39)13-15-28/h6-17,30-36,42-47H,2-5,18-23H2,1H3. The molecule has 6 N–H and O–H groups in total. The molecule has 0 spiro atoms. The Morgan fingerprint density at radius 1 is 0.816 bits per heavy atom. The fraction of sp³-hybridized carbons (Fsp3) is 0.486. The van der Waals surface area contributed by atoms with E-state index in [0.717, 1.165) is 24.8 Å². The van der Waals surface area contributed by atoms with Crippen molar-refractivity contribution in [2.24, 2.45) is 5.92 Å². The smallest absolute Gasteiger partial charge is 0.233 e. The van der Waals surface area contributed by atoms with Crippen LogP contribution in [-0.2, 0) is 4.79 Å². The van der Waals surface area contributed by atoms with E-state index in [-0.39, 0.29) is 18.5 Å². The summed E-state index contributed by atoms with van der Waals surface area (Å²) in [5.41, 5.74) is 2.04. The molecule has 268 valence electrons. The van der Waals surface area contributed by atoms with Crippen molar-refractivity contribution in [2.75, 3.05) is 37.7 Å². The van der Waals surface area contributed by atoms with Crippen molar-refractivity contribution in [2.45, 2.75) is 75.6 Å². The molecule has 1 aliphatic rings. The number of unbranched alkanes of at least 4 members (excludes halogenated alkanes) is 2. The normalized spacial score (nSPS) is 19.3. The van der Waals surface area contributed by atoms with Crippen LogP contribution in [0, 0.1) is 17.6 Å². The zero-order chi connectivity index (χ0) is 35.5. The van der Waals surface area contributed by atoms with Crippen molar-refractivity contribution in [3.8, 4) is 5.75 Å². The minimum absolute atomic E-state index is 0.108. The SMILES string of the molecule is CCN(CCCCCOc1ccc(C2C(CCC(O)c3ccc(F)cc3)C(=O)N2c2ccc(F)cc2)cc1)CC(O)C(O)C(O)C(O)CO. The van der Waals surface area contributed by atoms with E-state index in [9.17, 15) is 39.1 Å². The van der Waals surface area contributed by atoms with Gasteiger partial charge in [0.1, 0.15) is 35.7 Å². The lowest BCUT2D eigenvalue weighted by Gasteiger charge is -2.48. The predicted molar refractivity (Wildman–Crippen MR) is 180 cm³/mol. The molecular weight excluding hydrogens is 638 g/mol. The summed E-state index contributed by atoms with van der Waals surface area (Å²) in [7, 11) is 0. The van der Waals surface area contributed by atoms with Gasteiger partial charge in [-0.25, -0.2) is 8.78 Å². The van der Waals surface area contributed by atoms with E-state index in [1.165, 1.54) is 36.4 Å². The zero-order valence-electron chi connectivity index (χ0n) is 27.7. The van der Waals surface area contributed by atoms with Gasteiger partial charge in [0.05, 0.1) is 37.4 Å². The lowest BCUT2D eigenvalue weighted by atomic mass is 9.78. The minimum Gasteiger partial charge on any atom is -0.494 e. The monoisotopic (exact) mass is 686 g/mol. The van der Waals surface area contributed by atoms with Crippen molar-refractivity contribution in [3.05, 3.63) is 95.6 Å². The number of benzene rings is 3. The summed E-state index contributed by atoms with van der Waals surface area (Å²) in [5, 5.41) is 59.3. The summed E-state index contributed by atoms with van der Waals surface area (Å²) in [4.78, 5) is 16.9. The van der Waals surface area contributed by atoms with Crippen molar-refractivity contribution in [1.82, 2.24) is 4.90 Å². The number of carbonyl (C=O) groups is 1. The van der Waals surface area contributed by atoms with Crippen molar-refractivity contribution in [1.29, 1.82) is 0 Å². The topological polar surface area (TPSA) is 154 Å². The number of ether oxygens (including phenoxy) is 1. The van der Waals surface area contributed by atoms with Gasteiger partial charge in [-0.15, -0.1) is 0 Å². The van der Waals surface area contributed by atoms with Crippen LogP contribution in [0.2, 0.25) is 0 Å². The maximum absolute atomic E-state index is 13.6. The van der Waals surface area contributed by atoms with Crippen LogP contribution in [0.3, 0.4) is 0 Å². The Morgan fingerprint density at radius 2 is 1.43 bits per heavy atom. The molecule has 1 aliphatic heterocycles. The van der Waals surface area contributed by atoms with Crippen LogP contribution in [-0.4, -0.2) is 98.7 Å². The van der Waals surface area contributed by atoms with Crippen LogP contribution in [0.1, 0.15) is 62.3 Å². The molecule has 0 bridgehead atoms. The van der Waals surface area contributed by atoms with Crippen molar-refractivity contribution < 1.29 is 49.0 Å². The number of carbonyl (C=O) groups excluding carboxylic acids is 1. The Hall–Kier alpha value is -3.49. The highest BCUT2D eigenvalue weighted by Gasteiger charge is 2.48. The number of hydrogen-bond acceptors (Lipinski definition) is 9. The van der Waals surface area contributed by atoms with Gasteiger partial charge < -0.3 is 45.2 Å². The van der Waals surface area contributed by atoms with Gasteiger partial charge in [-0.2, -0.15) is 0 Å². The lowest BCUT2D eigenvalue weighted by molar-refractivity contribution is -0.131. The van der Waals surface area contributed by atoms with Gasteiger partial charge in [-0.3, -0.25) is 4.79 Å². The Balaban J connectivity index is 1.27. The van der Waals surface area contributed by atoms with Crippen molar-refractivity contribution in [3.63, 3.8) is 0 Å². The average molecular weight is 687 g/mol. The molecule has 12 heteroatoms. The number of aliphatic hydroxyl groups excluding tert-OH is 6. The number of rotatable bonds is 20. The third-order valence-electron chi connectivity index (χ3n) is 9.15. The first kappa shape index (κ1) is 38.3. The second-order valence-corrected chi connectivity index (χ2v) is 12.6. The Labute approximate surface area is 285 Å². The highest BCUT2D eigenvalue weighted by atomic mass is 19.1. The van der Waals surface area contributed by atoms with Crippen LogP contribution >= 0.6 is 0 Å². The minimum atomic E-state index is -1.65. The third kappa shape index (κ3) is 10.3. The Morgan fingerprint density at radius 3 is 2.04 bits per heavy atom. The fourth-order valence-electron chi connectivity index (χ4n) is 6.17. The van der Waals surface area contributed by atoms with E-state index in [0.29, 0.717) is 49.5 Å². The van der Waals surface area contributed by atoms with E-state index in [1.807, 2.05) is 36.1 Å². The molecule has 7 unspecified atom stereocenters. The molecule has 10 nitrogen and oxygen atoms in total. The van der Waals surface area contributed by atoms with E-state index >= 15 is 0 Å². The molecule has 4 rings (SSSR count). The molecule has 0 aliphatic carbocycles. The molecule has 3 aromatic carbocycles. The summed E-state index contributed by atoms with van der Waals surface area (Å²) >= 11 is 0. The Kier molecular flexibility index (Phi) is 14.5. The van der Waals surface area contributed by atoms with Gasteiger partial charge in [0.15, 0.2) is 0 Å². The molecule has 1 fully saturated rings. The highest BCUT2D eigenvalue weighted by Crippen LogP contribution is 2.46. The molecule has 3 aromatic rings. The second kappa shape index (κ2) is 18.5. The number of halogens is 2. The largest absolute Gasteiger partial charge is 0.494 e. The summed E-state index contributed by atoms with van der Waals surface area (Å²) in [5.74, 6) is -0.645. The first-order valence-corrected chi connectivity index (χ1v) is 16.8. The second-order valence-electron chi connectivity index (χ2n) is 12.6. The van der Waals surface area contributed by atoms with Gasteiger partial charge in [0, 0.05) is 12.2 Å². The number of amides is 1. The van der Waals surface area contributed by atoms with Gasteiger partial charge in [0.25, 0.3) is 0 Å². The summed E-state index contributed by atoms with van der Waals surface area (Å²) in [6.45, 7) is 3.05. The molecule has 0 radical (unpaired) electrons. The molecule has 0 saturated carbocycles. The van der Waals surface area contributed by atoms with Crippen LogP contribution in [0.15, 0.2) is 72.8 Å². The average Bonchev–Trinajstić information content (AvgIpc) is 3.11. The number of aliphatic hydroxyl groups is 6. The van der Waals surface area contributed by atoms with Gasteiger partial charge in [-0.05, 0) is 105 Å². The third-order valence-corrected chi connectivity index (χ3v) is 9.15. The summed E-state index contributed by atoms with van der Waals surface area (Å²) in [6, 6.07) is 18.6. The molecule has 49 heavy (non-hydrogen) atoms.